The molecular weight excluding hydrogens is 300 g/mol. The maximum atomic E-state index is 11.9. The lowest BCUT2D eigenvalue weighted by atomic mass is 10.0. The van der Waals surface area contributed by atoms with Crippen molar-refractivity contribution < 1.29 is 14.7 Å². The number of nitrogens with one attached hydrogen (secondary N) is 1. The highest BCUT2D eigenvalue weighted by Crippen LogP contribution is 2.11. The van der Waals surface area contributed by atoms with Crippen molar-refractivity contribution in [1.82, 2.24) is 10.3 Å². The Kier molecular flexibility index (Phi) is 5.27. The lowest BCUT2D eigenvalue weighted by Gasteiger charge is -2.20. The summed E-state index contributed by atoms with van der Waals surface area (Å²) in [6.45, 7) is 3.74. The van der Waals surface area contributed by atoms with Gasteiger partial charge < -0.3 is 10.4 Å². The van der Waals surface area contributed by atoms with E-state index in [-0.39, 0.29) is 18.2 Å². The summed E-state index contributed by atoms with van der Waals surface area (Å²) in [6.07, 6.45) is 2.93. The number of aromatic nitrogens is 1. The molecule has 0 saturated heterocycles. The van der Waals surface area contributed by atoms with E-state index in [9.17, 15) is 9.59 Å². The molecule has 1 atom stereocenters. The predicted molar refractivity (Wildman–Crippen MR) is 70.3 cm³/mol. The van der Waals surface area contributed by atoms with E-state index in [4.69, 9.17) is 5.11 Å². The molecule has 0 bridgehead atoms. The van der Waals surface area contributed by atoms with Crippen LogP contribution in [0.1, 0.15) is 30.6 Å². The Morgan fingerprint density at radius 1 is 1.44 bits per heavy atom. The van der Waals surface area contributed by atoms with Crippen molar-refractivity contribution in [2.75, 3.05) is 0 Å². The van der Waals surface area contributed by atoms with Gasteiger partial charge in [-0.25, -0.2) is 0 Å². The SMILES string of the molecule is CC(C)C(CC(=O)O)NC(=O)c1cncc(Br)c1. The minimum absolute atomic E-state index is 0.0464. The summed E-state index contributed by atoms with van der Waals surface area (Å²) in [5.74, 6) is -1.20. The lowest BCUT2D eigenvalue weighted by molar-refractivity contribution is -0.137. The molecule has 2 N–H and O–H groups in total. The average molecular weight is 315 g/mol. The molecular formula is C12H15BrN2O3. The smallest absolute Gasteiger partial charge is 0.305 e. The van der Waals surface area contributed by atoms with Crippen molar-refractivity contribution in [3.63, 3.8) is 0 Å². The zero-order chi connectivity index (χ0) is 13.7. The van der Waals surface area contributed by atoms with E-state index in [1.165, 1.54) is 6.20 Å². The first-order chi connectivity index (χ1) is 8.40. The number of carbonyl (C=O) groups excluding carboxylic acids is 1. The second-order valence-corrected chi connectivity index (χ2v) is 5.23. The van der Waals surface area contributed by atoms with Crippen molar-refractivity contribution >= 4 is 27.8 Å². The first-order valence-corrected chi connectivity index (χ1v) is 6.32. The van der Waals surface area contributed by atoms with Crippen LogP contribution in [0, 0.1) is 5.92 Å². The van der Waals surface area contributed by atoms with Crippen LogP contribution in [0.25, 0.3) is 0 Å². The van der Waals surface area contributed by atoms with Crippen LogP contribution in [0.4, 0.5) is 0 Å². The van der Waals surface area contributed by atoms with Gasteiger partial charge in [0.2, 0.25) is 0 Å². The zero-order valence-electron chi connectivity index (χ0n) is 10.2. The number of rotatable bonds is 5. The fourth-order valence-electron chi connectivity index (χ4n) is 1.43. The third-order valence-corrected chi connectivity index (χ3v) is 2.92. The number of pyridine rings is 1. The first kappa shape index (κ1) is 14.6. The Morgan fingerprint density at radius 3 is 2.61 bits per heavy atom. The lowest BCUT2D eigenvalue weighted by Crippen LogP contribution is -2.40. The molecule has 1 amide bonds. The predicted octanol–water partition coefficient (Wildman–Crippen LogP) is 2.07. The Bertz CT molecular complexity index is 449. The van der Waals surface area contributed by atoms with Crippen LogP contribution >= 0.6 is 15.9 Å². The average Bonchev–Trinajstić information content (AvgIpc) is 2.27. The first-order valence-electron chi connectivity index (χ1n) is 5.53. The van der Waals surface area contributed by atoms with E-state index in [1.54, 1.807) is 12.3 Å². The topological polar surface area (TPSA) is 79.3 Å². The van der Waals surface area contributed by atoms with Crippen molar-refractivity contribution in [2.45, 2.75) is 26.3 Å². The third kappa shape index (κ3) is 4.44. The van der Waals surface area contributed by atoms with Gasteiger partial charge in [0.15, 0.2) is 0 Å². The molecule has 1 rings (SSSR count). The van der Waals surface area contributed by atoms with Crippen LogP contribution in [0.3, 0.4) is 0 Å². The molecule has 1 heterocycles. The molecule has 1 aromatic rings. The Morgan fingerprint density at radius 2 is 2.11 bits per heavy atom. The highest BCUT2D eigenvalue weighted by atomic mass is 79.9. The third-order valence-electron chi connectivity index (χ3n) is 2.48. The molecule has 0 aromatic carbocycles. The molecule has 0 aliphatic rings. The molecule has 1 unspecified atom stereocenters. The Hall–Kier alpha value is -1.43. The number of amides is 1. The van der Waals surface area contributed by atoms with Crippen molar-refractivity contribution in [2.24, 2.45) is 5.92 Å². The normalized spacial score (nSPS) is 12.2. The Balaban J connectivity index is 2.75. The zero-order valence-corrected chi connectivity index (χ0v) is 11.8. The summed E-state index contributed by atoms with van der Waals surface area (Å²) in [4.78, 5) is 26.5. The number of aliphatic carboxylic acids is 1. The van der Waals surface area contributed by atoms with E-state index in [2.05, 4.69) is 26.2 Å². The van der Waals surface area contributed by atoms with Gasteiger partial charge in [-0.3, -0.25) is 14.6 Å². The summed E-state index contributed by atoms with van der Waals surface area (Å²) in [5.41, 5.74) is 0.403. The van der Waals surface area contributed by atoms with Crippen LogP contribution < -0.4 is 5.32 Å². The van der Waals surface area contributed by atoms with Gasteiger partial charge in [-0.2, -0.15) is 0 Å². The summed E-state index contributed by atoms with van der Waals surface area (Å²) >= 11 is 3.23. The number of carbonyl (C=O) groups is 2. The highest BCUT2D eigenvalue weighted by Gasteiger charge is 2.20. The standard InChI is InChI=1S/C12H15BrN2O3/c1-7(2)10(4-11(16)17)15-12(18)8-3-9(13)6-14-5-8/h3,5-7,10H,4H2,1-2H3,(H,15,18)(H,16,17). The molecule has 1 aromatic heterocycles. The molecule has 0 aliphatic carbocycles. The number of hydrogen-bond acceptors (Lipinski definition) is 3. The van der Waals surface area contributed by atoms with E-state index in [0.717, 1.165) is 0 Å². The highest BCUT2D eigenvalue weighted by molar-refractivity contribution is 9.10. The van der Waals surface area contributed by atoms with Gasteiger partial charge in [0.05, 0.1) is 12.0 Å². The van der Waals surface area contributed by atoms with E-state index in [0.29, 0.717) is 10.0 Å². The minimum atomic E-state index is -0.929. The van der Waals surface area contributed by atoms with Crippen LogP contribution in [-0.4, -0.2) is 28.0 Å². The van der Waals surface area contributed by atoms with Gasteiger partial charge in [0.25, 0.3) is 5.91 Å². The van der Waals surface area contributed by atoms with Crippen molar-refractivity contribution in [3.05, 3.63) is 28.5 Å². The molecule has 0 radical (unpaired) electrons. The summed E-state index contributed by atoms with van der Waals surface area (Å²) in [5, 5.41) is 11.5. The second kappa shape index (κ2) is 6.49. The molecule has 0 fully saturated rings. The molecule has 0 spiro atoms. The van der Waals surface area contributed by atoms with Gasteiger partial charge in [-0.15, -0.1) is 0 Å². The quantitative estimate of drug-likeness (QED) is 0.872. The van der Waals surface area contributed by atoms with Crippen LogP contribution in [-0.2, 0) is 4.79 Å². The molecule has 5 nitrogen and oxygen atoms in total. The number of carboxylic acid groups (broad SMARTS) is 1. The van der Waals surface area contributed by atoms with Crippen LogP contribution in [0.15, 0.2) is 22.9 Å². The largest absolute Gasteiger partial charge is 0.481 e. The van der Waals surface area contributed by atoms with Gasteiger partial charge in [0.1, 0.15) is 0 Å². The fraction of sp³-hybridized carbons (Fsp3) is 0.417. The van der Waals surface area contributed by atoms with E-state index in [1.807, 2.05) is 13.8 Å². The number of nitrogens with zero attached hydrogens (tertiary/aromatic N) is 1. The summed E-state index contributed by atoms with van der Waals surface area (Å²) < 4.78 is 0.703. The molecule has 18 heavy (non-hydrogen) atoms. The van der Waals surface area contributed by atoms with Gasteiger partial charge in [-0.1, -0.05) is 13.8 Å². The van der Waals surface area contributed by atoms with Gasteiger partial charge in [0, 0.05) is 22.9 Å². The molecule has 0 saturated carbocycles. The number of hydrogen-bond donors (Lipinski definition) is 2. The van der Waals surface area contributed by atoms with Gasteiger partial charge in [-0.05, 0) is 27.9 Å². The van der Waals surface area contributed by atoms with E-state index < -0.39 is 12.0 Å². The number of carboxylic acids is 1. The summed E-state index contributed by atoms with van der Waals surface area (Å²) in [6, 6.07) is 1.24. The van der Waals surface area contributed by atoms with Gasteiger partial charge >= 0.3 is 5.97 Å². The Labute approximate surface area is 114 Å². The van der Waals surface area contributed by atoms with Crippen LogP contribution in [0.5, 0.6) is 0 Å². The molecule has 6 heteroatoms. The number of halogens is 1. The monoisotopic (exact) mass is 314 g/mol. The van der Waals surface area contributed by atoms with Crippen molar-refractivity contribution in [3.8, 4) is 0 Å². The minimum Gasteiger partial charge on any atom is -0.481 e. The molecule has 98 valence electrons. The van der Waals surface area contributed by atoms with E-state index >= 15 is 0 Å². The van der Waals surface area contributed by atoms with Crippen molar-refractivity contribution in [1.29, 1.82) is 0 Å². The maximum absolute atomic E-state index is 11.9. The fourth-order valence-corrected chi connectivity index (χ4v) is 1.79. The van der Waals surface area contributed by atoms with Crippen LogP contribution in [0.2, 0.25) is 0 Å². The molecule has 0 aliphatic heterocycles. The summed E-state index contributed by atoms with van der Waals surface area (Å²) in [7, 11) is 0. The second-order valence-electron chi connectivity index (χ2n) is 4.31. The maximum Gasteiger partial charge on any atom is 0.305 e.